The molecule has 2 saturated heterocycles. The van der Waals surface area contributed by atoms with Gasteiger partial charge in [-0.2, -0.15) is 11.8 Å². The highest BCUT2D eigenvalue weighted by Gasteiger charge is 2.42. The summed E-state index contributed by atoms with van der Waals surface area (Å²) in [7, 11) is 0. The Hall–Kier alpha value is 0.270. The van der Waals surface area contributed by atoms with Gasteiger partial charge in [0.2, 0.25) is 0 Å². The van der Waals surface area contributed by atoms with Gasteiger partial charge in [0, 0.05) is 23.9 Å². The SMILES string of the molecule is CC1(NC2CCOC3(CCSC3)C2)CCC1. The summed E-state index contributed by atoms with van der Waals surface area (Å²) >= 11 is 2.07. The Morgan fingerprint density at radius 2 is 2.19 bits per heavy atom. The number of nitrogens with one attached hydrogen (secondary N) is 1. The predicted molar refractivity (Wildman–Crippen MR) is 69.0 cm³/mol. The van der Waals surface area contributed by atoms with Crippen LogP contribution < -0.4 is 5.32 Å². The van der Waals surface area contributed by atoms with Crippen molar-refractivity contribution in [1.29, 1.82) is 0 Å². The Kier molecular flexibility index (Phi) is 2.97. The van der Waals surface area contributed by atoms with E-state index in [1.807, 2.05) is 0 Å². The van der Waals surface area contributed by atoms with Gasteiger partial charge in [-0.1, -0.05) is 0 Å². The van der Waals surface area contributed by atoms with Gasteiger partial charge in [0.1, 0.15) is 0 Å². The summed E-state index contributed by atoms with van der Waals surface area (Å²) in [6.07, 6.45) is 7.87. The van der Waals surface area contributed by atoms with Crippen molar-refractivity contribution in [1.82, 2.24) is 5.32 Å². The smallest absolute Gasteiger partial charge is 0.0795 e. The molecule has 0 aromatic heterocycles. The maximum atomic E-state index is 6.06. The Morgan fingerprint density at radius 3 is 2.81 bits per heavy atom. The van der Waals surface area contributed by atoms with Gasteiger partial charge < -0.3 is 10.1 Å². The maximum Gasteiger partial charge on any atom is 0.0795 e. The molecular weight excluding hydrogens is 218 g/mol. The molecule has 0 amide bonds. The lowest BCUT2D eigenvalue weighted by molar-refractivity contribution is -0.0755. The second-order valence-electron chi connectivity index (χ2n) is 6.08. The summed E-state index contributed by atoms with van der Waals surface area (Å²) < 4.78 is 6.06. The molecule has 3 aliphatic rings. The van der Waals surface area contributed by atoms with Crippen molar-refractivity contribution in [2.75, 3.05) is 18.1 Å². The van der Waals surface area contributed by atoms with Crippen molar-refractivity contribution >= 4 is 11.8 Å². The average molecular weight is 241 g/mol. The van der Waals surface area contributed by atoms with E-state index in [0.29, 0.717) is 11.6 Å². The lowest BCUT2D eigenvalue weighted by Gasteiger charge is -2.46. The lowest BCUT2D eigenvalue weighted by atomic mass is 9.77. The van der Waals surface area contributed by atoms with E-state index in [1.165, 1.54) is 50.0 Å². The zero-order chi connectivity index (χ0) is 11.1. The first kappa shape index (κ1) is 11.4. The van der Waals surface area contributed by atoms with E-state index in [1.54, 1.807) is 0 Å². The topological polar surface area (TPSA) is 21.3 Å². The van der Waals surface area contributed by atoms with Gasteiger partial charge in [-0.3, -0.25) is 0 Å². The molecule has 92 valence electrons. The monoisotopic (exact) mass is 241 g/mol. The lowest BCUT2D eigenvalue weighted by Crippen LogP contribution is -2.57. The van der Waals surface area contributed by atoms with Crippen LogP contribution in [0.5, 0.6) is 0 Å². The average Bonchev–Trinajstić information content (AvgIpc) is 2.64. The van der Waals surface area contributed by atoms with Crippen molar-refractivity contribution in [2.24, 2.45) is 0 Å². The third-order valence-electron chi connectivity index (χ3n) is 4.57. The summed E-state index contributed by atoms with van der Waals surface area (Å²) in [6, 6.07) is 0.706. The van der Waals surface area contributed by atoms with Crippen LogP contribution in [0, 0.1) is 0 Å². The molecule has 2 unspecified atom stereocenters. The van der Waals surface area contributed by atoms with Crippen LogP contribution in [0.15, 0.2) is 0 Å². The molecule has 1 spiro atoms. The summed E-state index contributed by atoms with van der Waals surface area (Å²) in [5.41, 5.74) is 0.690. The number of ether oxygens (including phenoxy) is 1. The highest BCUT2D eigenvalue weighted by molar-refractivity contribution is 7.99. The number of thioether (sulfide) groups is 1. The van der Waals surface area contributed by atoms with Crippen LogP contribution in [0.1, 0.15) is 45.4 Å². The molecule has 1 aliphatic carbocycles. The normalized spacial score (nSPS) is 42.2. The van der Waals surface area contributed by atoms with Gasteiger partial charge in [-0.05, 0) is 51.2 Å². The van der Waals surface area contributed by atoms with Gasteiger partial charge in [-0.15, -0.1) is 0 Å². The molecule has 2 nitrogen and oxygen atoms in total. The number of rotatable bonds is 2. The molecule has 2 heterocycles. The van der Waals surface area contributed by atoms with E-state index in [-0.39, 0.29) is 5.60 Å². The van der Waals surface area contributed by atoms with Crippen LogP contribution >= 0.6 is 11.8 Å². The molecule has 2 atom stereocenters. The molecule has 3 fully saturated rings. The molecule has 16 heavy (non-hydrogen) atoms. The highest BCUT2D eigenvalue weighted by atomic mass is 32.2. The summed E-state index contributed by atoms with van der Waals surface area (Å²) in [5.74, 6) is 2.52. The Balaban J connectivity index is 1.59. The zero-order valence-electron chi connectivity index (χ0n) is 10.3. The Bertz CT molecular complexity index is 259. The van der Waals surface area contributed by atoms with E-state index in [2.05, 4.69) is 24.0 Å². The van der Waals surface area contributed by atoms with Crippen LogP contribution in [0.4, 0.5) is 0 Å². The fourth-order valence-electron chi connectivity index (χ4n) is 3.36. The molecule has 2 aliphatic heterocycles. The Morgan fingerprint density at radius 1 is 1.31 bits per heavy atom. The summed E-state index contributed by atoms with van der Waals surface area (Å²) in [5, 5.41) is 3.89. The third kappa shape index (κ3) is 2.14. The quantitative estimate of drug-likeness (QED) is 0.803. The van der Waals surface area contributed by atoms with Gasteiger partial charge in [0.15, 0.2) is 0 Å². The van der Waals surface area contributed by atoms with E-state index in [0.717, 1.165) is 6.61 Å². The fraction of sp³-hybridized carbons (Fsp3) is 1.00. The first-order chi connectivity index (χ1) is 7.70. The van der Waals surface area contributed by atoms with E-state index in [4.69, 9.17) is 4.74 Å². The largest absolute Gasteiger partial charge is 0.374 e. The van der Waals surface area contributed by atoms with Gasteiger partial charge in [0.05, 0.1) is 5.60 Å². The minimum atomic E-state index is 0.237. The van der Waals surface area contributed by atoms with Crippen molar-refractivity contribution in [3.63, 3.8) is 0 Å². The first-order valence-corrected chi connectivity index (χ1v) is 7.85. The van der Waals surface area contributed by atoms with Crippen LogP contribution in [0.3, 0.4) is 0 Å². The van der Waals surface area contributed by atoms with Crippen molar-refractivity contribution in [3.8, 4) is 0 Å². The second-order valence-corrected chi connectivity index (χ2v) is 7.19. The van der Waals surface area contributed by atoms with E-state index in [9.17, 15) is 0 Å². The highest BCUT2D eigenvalue weighted by Crippen LogP contribution is 2.40. The second kappa shape index (κ2) is 4.18. The standard InChI is InChI=1S/C13H23NOS/c1-12(4-2-5-12)14-11-3-7-15-13(9-11)6-8-16-10-13/h11,14H,2-10H2,1H3. The molecule has 3 rings (SSSR count). The molecule has 0 aromatic carbocycles. The molecule has 0 aromatic rings. The number of hydrogen-bond acceptors (Lipinski definition) is 3. The molecule has 1 N–H and O–H groups in total. The van der Waals surface area contributed by atoms with Gasteiger partial charge in [0.25, 0.3) is 0 Å². The predicted octanol–water partition coefficient (Wildman–Crippen LogP) is 2.57. The van der Waals surface area contributed by atoms with Crippen LogP contribution in [0.25, 0.3) is 0 Å². The van der Waals surface area contributed by atoms with Crippen LogP contribution in [-0.4, -0.2) is 35.3 Å². The molecule has 1 saturated carbocycles. The maximum absolute atomic E-state index is 6.06. The zero-order valence-corrected chi connectivity index (χ0v) is 11.1. The first-order valence-electron chi connectivity index (χ1n) is 6.69. The van der Waals surface area contributed by atoms with Crippen molar-refractivity contribution in [2.45, 2.75) is 62.6 Å². The molecule has 0 bridgehead atoms. The van der Waals surface area contributed by atoms with Crippen LogP contribution in [0.2, 0.25) is 0 Å². The third-order valence-corrected chi connectivity index (χ3v) is 5.79. The molecular formula is C13H23NOS. The van der Waals surface area contributed by atoms with Gasteiger partial charge in [-0.25, -0.2) is 0 Å². The van der Waals surface area contributed by atoms with E-state index < -0.39 is 0 Å². The molecule has 3 heteroatoms. The van der Waals surface area contributed by atoms with Gasteiger partial charge >= 0.3 is 0 Å². The minimum Gasteiger partial charge on any atom is -0.374 e. The number of hydrogen-bond donors (Lipinski definition) is 1. The van der Waals surface area contributed by atoms with Crippen LogP contribution in [-0.2, 0) is 4.74 Å². The van der Waals surface area contributed by atoms with Crippen molar-refractivity contribution < 1.29 is 4.74 Å². The van der Waals surface area contributed by atoms with E-state index >= 15 is 0 Å². The minimum absolute atomic E-state index is 0.237. The van der Waals surface area contributed by atoms with Crippen molar-refractivity contribution in [3.05, 3.63) is 0 Å². The Labute approximate surface area is 103 Å². The fourth-order valence-corrected chi connectivity index (χ4v) is 4.74. The summed E-state index contributed by atoms with van der Waals surface area (Å²) in [6.45, 7) is 3.36. The molecule has 0 radical (unpaired) electrons. The summed E-state index contributed by atoms with van der Waals surface area (Å²) in [4.78, 5) is 0.